The predicted molar refractivity (Wildman–Crippen MR) is 65.5 cm³/mol. The first-order chi connectivity index (χ1) is 9.10. The van der Waals surface area contributed by atoms with Gasteiger partial charge in [-0.05, 0) is 17.7 Å². The fourth-order valence-corrected chi connectivity index (χ4v) is 2.12. The number of benzene rings is 1. The summed E-state index contributed by atoms with van der Waals surface area (Å²) in [5, 5.41) is 17.8. The summed E-state index contributed by atoms with van der Waals surface area (Å²) in [6, 6.07) is 4.12. The van der Waals surface area contributed by atoms with Crippen molar-refractivity contribution in [3.8, 4) is 0 Å². The van der Waals surface area contributed by atoms with Crippen molar-refractivity contribution in [2.24, 2.45) is 0 Å². The number of carboxylic acid groups (broad SMARTS) is 1. The van der Waals surface area contributed by atoms with Gasteiger partial charge in [0.25, 0.3) is 0 Å². The van der Waals surface area contributed by atoms with Gasteiger partial charge in [-0.25, -0.2) is 9.18 Å². The molecule has 1 aliphatic rings. The number of ether oxygens (including phenoxy) is 1. The van der Waals surface area contributed by atoms with E-state index in [0.29, 0.717) is 31.8 Å². The minimum Gasteiger partial charge on any atom is -0.478 e. The molecule has 0 bridgehead atoms. The normalized spacial score (nSPS) is 20.4. The van der Waals surface area contributed by atoms with Crippen molar-refractivity contribution < 1.29 is 24.1 Å². The van der Waals surface area contributed by atoms with Crippen molar-refractivity contribution in [1.82, 2.24) is 4.90 Å². The van der Waals surface area contributed by atoms with Crippen LogP contribution in [0.2, 0.25) is 0 Å². The number of carboxylic acids is 1. The molecular formula is C13H16FNO4. The zero-order valence-electron chi connectivity index (χ0n) is 10.4. The van der Waals surface area contributed by atoms with Gasteiger partial charge in [-0.1, -0.05) is 6.07 Å². The lowest BCUT2D eigenvalue weighted by molar-refractivity contribution is -0.0551. The Morgan fingerprint density at radius 2 is 2.32 bits per heavy atom. The van der Waals surface area contributed by atoms with Crippen LogP contribution in [0, 0.1) is 5.82 Å². The lowest BCUT2D eigenvalue weighted by Crippen LogP contribution is -2.43. The van der Waals surface area contributed by atoms with Gasteiger partial charge in [0, 0.05) is 19.6 Å². The molecule has 1 atom stereocenters. The van der Waals surface area contributed by atoms with Crippen LogP contribution >= 0.6 is 0 Å². The van der Waals surface area contributed by atoms with Gasteiger partial charge in [-0.3, -0.25) is 4.90 Å². The summed E-state index contributed by atoms with van der Waals surface area (Å²) < 4.78 is 18.9. The van der Waals surface area contributed by atoms with Crippen LogP contribution in [-0.4, -0.2) is 53.5 Å². The summed E-state index contributed by atoms with van der Waals surface area (Å²) in [5.41, 5.74) is 0.389. The summed E-state index contributed by atoms with van der Waals surface area (Å²) in [7, 11) is 0. The van der Waals surface area contributed by atoms with Crippen LogP contribution in [0.25, 0.3) is 0 Å². The molecule has 0 radical (unpaired) electrons. The molecule has 19 heavy (non-hydrogen) atoms. The van der Waals surface area contributed by atoms with E-state index in [-0.39, 0.29) is 18.3 Å². The molecule has 6 heteroatoms. The summed E-state index contributed by atoms with van der Waals surface area (Å²) in [6.45, 7) is 2.29. The third kappa shape index (κ3) is 3.50. The Balaban J connectivity index is 2.03. The fraction of sp³-hybridized carbons (Fsp3) is 0.462. The molecule has 0 spiro atoms. The van der Waals surface area contributed by atoms with Gasteiger partial charge in [-0.2, -0.15) is 0 Å². The number of aliphatic hydroxyl groups excluding tert-OH is 1. The second-order valence-electron chi connectivity index (χ2n) is 4.53. The van der Waals surface area contributed by atoms with Gasteiger partial charge in [0.1, 0.15) is 5.82 Å². The van der Waals surface area contributed by atoms with Crippen molar-refractivity contribution in [1.29, 1.82) is 0 Å². The molecule has 5 nitrogen and oxygen atoms in total. The molecule has 2 rings (SSSR count). The number of hydrogen-bond acceptors (Lipinski definition) is 4. The molecule has 1 aromatic carbocycles. The first-order valence-electron chi connectivity index (χ1n) is 6.06. The average Bonchev–Trinajstić information content (AvgIpc) is 2.38. The number of aromatic carboxylic acids is 1. The minimum absolute atomic E-state index is 0.0389. The second kappa shape index (κ2) is 6.10. The van der Waals surface area contributed by atoms with Gasteiger partial charge >= 0.3 is 5.97 Å². The Bertz CT molecular complexity index is 466. The standard InChI is InChI=1S/C13H16FNO4/c14-12-5-9(1-2-11(12)13(17)18)6-15-3-4-19-10(7-15)8-16/h1-2,5,10,16H,3-4,6-8H2,(H,17,18). The topological polar surface area (TPSA) is 70.0 Å². The van der Waals surface area contributed by atoms with Crippen molar-refractivity contribution in [3.63, 3.8) is 0 Å². The average molecular weight is 269 g/mol. The third-order valence-electron chi connectivity index (χ3n) is 3.10. The molecule has 1 aliphatic heterocycles. The van der Waals surface area contributed by atoms with Crippen LogP contribution in [0.4, 0.5) is 4.39 Å². The van der Waals surface area contributed by atoms with Crippen LogP contribution in [0.15, 0.2) is 18.2 Å². The number of nitrogens with zero attached hydrogens (tertiary/aromatic N) is 1. The quantitative estimate of drug-likeness (QED) is 0.842. The van der Waals surface area contributed by atoms with Gasteiger partial charge in [0.2, 0.25) is 0 Å². The SMILES string of the molecule is O=C(O)c1ccc(CN2CCOC(CO)C2)cc1F. The zero-order valence-corrected chi connectivity index (χ0v) is 10.4. The van der Waals surface area contributed by atoms with Crippen LogP contribution in [-0.2, 0) is 11.3 Å². The first-order valence-corrected chi connectivity index (χ1v) is 6.06. The highest BCUT2D eigenvalue weighted by Crippen LogP contribution is 2.14. The highest BCUT2D eigenvalue weighted by Gasteiger charge is 2.20. The van der Waals surface area contributed by atoms with E-state index >= 15 is 0 Å². The molecule has 0 aliphatic carbocycles. The largest absolute Gasteiger partial charge is 0.478 e. The maximum Gasteiger partial charge on any atom is 0.338 e. The zero-order chi connectivity index (χ0) is 13.8. The van der Waals surface area contributed by atoms with Crippen molar-refractivity contribution >= 4 is 5.97 Å². The van der Waals surface area contributed by atoms with Crippen molar-refractivity contribution in [2.45, 2.75) is 12.6 Å². The van der Waals surface area contributed by atoms with E-state index in [0.717, 1.165) is 0 Å². The molecule has 1 saturated heterocycles. The third-order valence-corrected chi connectivity index (χ3v) is 3.10. The number of carbonyl (C=O) groups is 1. The molecule has 0 aromatic heterocycles. The minimum atomic E-state index is -1.27. The highest BCUT2D eigenvalue weighted by molar-refractivity contribution is 5.87. The smallest absolute Gasteiger partial charge is 0.338 e. The van der Waals surface area contributed by atoms with Gasteiger partial charge in [-0.15, -0.1) is 0 Å². The molecule has 1 aromatic rings. The van der Waals surface area contributed by atoms with E-state index in [9.17, 15) is 9.18 Å². The van der Waals surface area contributed by atoms with Gasteiger partial charge in [0.15, 0.2) is 0 Å². The van der Waals surface area contributed by atoms with E-state index in [4.69, 9.17) is 14.9 Å². The van der Waals surface area contributed by atoms with Gasteiger partial charge < -0.3 is 14.9 Å². The summed E-state index contributed by atoms with van der Waals surface area (Å²) in [4.78, 5) is 12.8. The number of morpholine rings is 1. The first kappa shape index (κ1) is 13.9. The lowest BCUT2D eigenvalue weighted by Gasteiger charge is -2.32. The number of aliphatic hydroxyl groups is 1. The van der Waals surface area contributed by atoms with E-state index in [1.807, 2.05) is 4.90 Å². The van der Waals surface area contributed by atoms with Gasteiger partial charge in [0.05, 0.1) is 24.9 Å². The Morgan fingerprint density at radius 1 is 1.53 bits per heavy atom. The summed E-state index contributed by atoms with van der Waals surface area (Å²) in [6.07, 6.45) is -0.211. The Kier molecular flexibility index (Phi) is 4.47. The lowest BCUT2D eigenvalue weighted by atomic mass is 10.1. The van der Waals surface area contributed by atoms with Crippen molar-refractivity contribution in [2.75, 3.05) is 26.3 Å². The number of halogens is 1. The fourth-order valence-electron chi connectivity index (χ4n) is 2.12. The molecule has 104 valence electrons. The maximum absolute atomic E-state index is 13.5. The Morgan fingerprint density at radius 3 is 2.95 bits per heavy atom. The number of rotatable bonds is 4. The Hall–Kier alpha value is -1.50. The van der Waals surface area contributed by atoms with Crippen LogP contribution in [0.5, 0.6) is 0 Å². The predicted octanol–water partition coefficient (Wildman–Crippen LogP) is 0.717. The van der Waals surface area contributed by atoms with E-state index in [1.165, 1.54) is 12.1 Å². The monoisotopic (exact) mass is 269 g/mol. The van der Waals surface area contributed by atoms with E-state index < -0.39 is 11.8 Å². The van der Waals surface area contributed by atoms with Crippen LogP contribution in [0.3, 0.4) is 0 Å². The van der Waals surface area contributed by atoms with Crippen LogP contribution in [0.1, 0.15) is 15.9 Å². The summed E-state index contributed by atoms with van der Waals surface area (Å²) in [5.74, 6) is -1.99. The molecule has 1 unspecified atom stereocenters. The molecule has 0 amide bonds. The Labute approximate surface area is 110 Å². The highest BCUT2D eigenvalue weighted by atomic mass is 19.1. The van der Waals surface area contributed by atoms with E-state index in [1.54, 1.807) is 6.07 Å². The van der Waals surface area contributed by atoms with E-state index in [2.05, 4.69) is 0 Å². The van der Waals surface area contributed by atoms with Crippen molar-refractivity contribution in [3.05, 3.63) is 35.1 Å². The molecule has 1 fully saturated rings. The van der Waals surface area contributed by atoms with Crippen LogP contribution < -0.4 is 0 Å². The number of hydrogen-bond donors (Lipinski definition) is 2. The molecule has 1 heterocycles. The molecule has 0 saturated carbocycles. The molecular weight excluding hydrogens is 253 g/mol. The maximum atomic E-state index is 13.5. The summed E-state index contributed by atoms with van der Waals surface area (Å²) >= 11 is 0. The molecule has 2 N–H and O–H groups in total. The second-order valence-corrected chi connectivity index (χ2v) is 4.53.